The maximum atomic E-state index is 13.1. The first-order valence-electron chi connectivity index (χ1n) is 12.8. The minimum absolute atomic E-state index is 0.133. The highest BCUT2D eigenvalue weighted by molar-refractivity contribution is 5.79. The second-order valence-corrected chi connectivity index (χ2v) is 11.2. The quantitative estimate of drug-likeness (QED) is 0.467. The molecular weight excluding hydrogens is 440 g/mol. The maximum Gasteiger partial charge on any atom is 0.314 e. The number of rotatable bonds is 5. The summed E-state index contributed by atoms with van der Waals surface area (Å²) in [6.07, 6.45) is 4.72. The highest BCUT2D eigenvalue weighted by atomic mass is 16.6. The Kier molecular flexibility index (Phi) is 6.49. The van der Waals surface area contributed by atoms with Crippen molar-refractivity contribution in [1.29, 1.82) is 0 Å². The van der Waals surface area contributed by atoms with E-state index in [1.807, 2.05) is 6.92 Å². The number of esters is 3. The van der Waals surface area contributed by atoms with Gasteiger partial charge in [-0.1, -0.05) is 6.92 Å². The molecular formula is C26H38O8. The Hall–Kier alpha value is -2.12. The first-order chi connectivity index (χ1) is 16.0. The number of carboxylic acids is 1. The highest BCUT2D eigenvalue weighted by Crippen LogP contribution is 2.69. The minimum atomic E-state index is -1.22. The van der Waals surface area contributed by atoms with Gasteiger partial charge in [0.2, 0.25) is 0 Å². The molecule has 34 heavy (non-hydrogen) atoms. The number of hydrogen-bond acceptors (Lipinski definition) is 7. The number of aliphatic carboxylic acids is 1. The van der Waals surface area contributed by atoms with E-state index >= 15 is 0 Å². The third kappa shape index (κ3) is 3.63. The zero-order valence-electron chi connectivity index (χ0n) is 20.8. The fourth-order valence-corrected chi connectivity index (χ4v) is 8.70. The molecule has 0 aromatic rings. The van der Waals surface area contributed by atoms with E-state index in [-0.39, 0.29) is 41.5 Å². The molecule has 0 aromatic heterocycles. The van der Waals surface area contributed by atoms with Crippen LogP contribution in [0.1, 0.15) is 85.5 Å². The molecule has 190 valence electrons. The number of hydrogen-bond donors (Lipinski definition) is 1. The number of carboxylic acid groups (broad SMARTS) is 1. The first kappa shape index (κ1) is 25.0. The van der Waals surface area contributed by atoms with E-state index in [9.17, 15) is 24.3 Å². The Morgan fingerprint density at radius 2 is 1.65 bits per heavy atom. The molecule has 4 aliphatic rings. The summed E-state index contributed by atoms with van der Waals surface area (Å²) >= 11 is 0. The summed E-state index contributed by atoms with van der Waals surface area (Å²) in [6.45, 7) is 7.03. The zero-order valence-corrected chi connectivity index (χ0v) is 20.8. The smallest absolute Gasteiger partial charge is 0.314 e. The lowest BCUT2D eigenvalue weighted by Crippen LogP contribution is -2.68. The average molecular weight is 479 g/mol. The second kappa shape index (κ2) is 8.83. The van der Waals surface area contributed by atoms with Gasteiger partial charge in [0.15, 0.2) is 0 Å². The number of fused-ring (bicyclic) bond motifs is 5. The molecule has 8 heteroatoms. The summed E-state index contributed by atoms with van der Waals surface area (Å²) in [5.41, 5.74) is -2.62. The third-order valence-electron chi connectivity index (χ3n) is 9.81. The van der Waals surface area contributed by atoms with E-state index in [1.54, 1.807) is 0 Å². The first-order valence-corrected chi connectivity index (χ1v) is 12.8. The Labute approximate surface area is 201 Å². The van der Waals surface area contributed by atoms with Gasteiger partial charge in [-0.2, -0.15) is 0 Å². The molecule has 8 unspecified atom stereocenters. The monoisotopic (exact) mass is 478 g/mol. The van der Waals surface area contributed by atoms with Crippen LogP contribution in [0, 0.1) is 34.5 Å². The average Bonchev–Trinajstić information content (AvgIpc) is 3.09. The predicted molar refractivity (Wildman–Crippen MR) is 120 cm³/mol. The normalized spacial score (nSPS) is 43.0. The second-order valence-electron chi connectivity index (χ2n) is 11.2. The summed E-state index contributed by atoms with van der Waals surface area (Å²) in [6, 6.07) is 0. The molecule has 0 saturated heterocycles. The summed E-state index contributed by atoms with van der Waals surface area (Å²) in [4.78, 5) is 49.8. The van der Waals surface area contributed by atoms with Gasteiger partial charge in [-0.05, 0) is 81.5 Å². The lowest BCUT2D eigenvalue weighted by atomic mass is 9.42. The zero-order chi connectivity index (χ0) is 24.9. The molecule has 8 atom stereocenters. The molecule has 4 saturated carbocycles. The third-order valence-corrected chi connectivity index (χ3v) is 9.81. The van der Waals surface area contributed by atoms with Crippen molar-refractivity contribution in [2.24, 2.45) is 34.5 Å². The Balaban J connectivity index is 1.71. The lowest BCUT2D eigenvalue weighted by molar-refractivity contribution is -0.247. The Bertz CT molecular complexity index is 869. The van der Waals surface area contributed by atoms with Crippen LogP contribution in [0.25, 0.3) is 0 Å². The van der Waals surface area contributed by atoms with Crippen LogP contribution in [0.5, 0.6) is 0 Å². The van der Waals surface area contributed by atoms with Gasteiger partial charge in [0, 0.05) is 20.3 Å². The summed E-state index contributed by atoms with van der Waals surface area (Å²) in [7, 11) is 0. The van der Waals surface area contributed by atoms with Crippen molar-refractivity contribution in [2.45, 2.75) is 97.2 Å². The molecule has 8 nitrogen and oxygen atoms in total. The molecule has 0 spiro atoms. The van der Waals surface area contributed by atoms with Crippen LogP contribution in [0.4, 0.5) is 0 Å². The fourth-order valence-electron chi connectivity index (χ4n) is 8.70. The topological polar surface area (TPSA) is 116 Å². The van der Waals surface area contributed by atoms with Crippen LogP contribution in [0.2, 0.25) is 0 Å². The van der Waals surface area contributed by atoms with Crippen LogP contribution in [0.3, 0.4) is 0 Å². The number of ether oxygens (including phenoxy) is 3. The molecule has 1 N–H and O–H groups in total. The van der Waals surface area contributed by atoms with Gasteiger partial charge >= 0.3 is 23.9 Å². The van der Waals surface area contributed by atoms with E-state index < -0.39 is 35.0 Å². The summed E-state index contributed by atoms with van der Waals surface area (Å²) < 4.78 is 16.8. The molecule has 0 bridgehead atoms. The van der Waals surface area contributed by atoms with Gasteiger partial charge in [-0.3, -0.25) is 19.2 Å². The van der Waals surface area contributed by atoms with Crippen molar-refractivity contribution in [3.63, 3.8) is 0 Å². The van der Waals surface area contributed by atoms with E-state index in [4.69, 9.17) is 14.2 Å². The molecule has 4 fully saturated rings. The van der Waals surface area contributed by atoms with Crippen molar-refractivity contribution in [3.05, 3.63) is 0 Å². The van der Waals surface area contributed by atoms with Gasteiger partial charge < -0.3 is 19.3 Å². The van der Waals surface area contributed by atoms with E-state index in [0.29, 0.717) is 32.3 Å². The van der Waals surface area contributed by atoms with Gasteiger partial charge in [-0.15, -0.1) is 0 Å². The highest BCUT2D eigenvalue weighted by Gasteiger charge is 2.72. The Morgan fingerprint density at radius 1 is 0.912 bits per heavy atom. The van der Waals surface area contributed by atoms with E-state index in [2.05, 4.69) is 6.92 Å². The largest absolute Gasteiger partial charge is 0.481 e. The van der Waals surface area contributed by atoms with Crippen LogP contribution in [0.15, 0.2) is 0 Å². The van der Waals surface area contributed by atoms with E-state index in [0.717, 1.165) is 25.7 Å². The SMILES string of the molecule is CCOC(=O)C1CCC2C3CCC4(OC(C)=O)CC(OC(C)=O)CCC4(C(=O)O)C3CCC12C. The molecule has 0 amide bonds. The van der Waals surface area contributed by atoms with Crippen molar-refractivity contribution in [2.75, 3.05) is 6.61 Å². The van der Waals surface area contributed by atoms with Crippen LogP contribution in [-0.4, -0.2) is 47.3 Å². The standard InChI is InChI=1S/C26H38O8/c1-5-32-22(29)21-7-6-19-18-9-12-25(34-16(3)28)14-17(33-15(2)27)8-13-26(25,23(30)31)20(18)10-11-24(19,21)4/h17-21H,5-14H2,1-4H3,(H,30,31). The van der Waals surface area contributed by atoms with Crippen molar-refractivity contribution in [1.82, 2.24) is 0 Å². The van der Waals surface area contributed by atoms with Crippen LogP contribution < -0.4 is 0 Å². The summed E-state index contributed by atoms with van der Waals surface area (Å²) in [5.74, 6) is -1.91. The molecule has 0 radical (unpaired) electrons. The van der Waals surface area contributed by atoms with E-state index in [1.165, 1.54) is 13.8 Å². The summed E-state index contributed by atoms with van der Waals surface area (Å²) in [5, 5.41) is 10.8. The van der Waals surface area contributed by atoms with Crippen LogP contribution in [-0.2, 0) is 33.4 Å². The fraction of sp³-hybridized carbons (Fsp3) is 0.846. The van der Waals surface area contributed by atoms with Gasteiger partial charge in [0.25, 0.3) is 0 Å². The minimum Gasteiger partial charge on any atom is -0.481 e. The molecule has 0 heterocycles. The van der Waals surface area contributed by atoms with Gasteiger partial charge in [-0.25, -0.2) is 0 Å². The maximum absolute atomic E-state index is 13.1. The van der Waals surface area contributed by atoms with Crippen molar-refractivity contribution >= 4 is 23.9 Å². The molecule has 0 aliphatic heterocycles. The number of carbonyl (C=O) groups excluding carboxylic acids is 3. The molecule has 4 rings (SSSR count). The lowest BCUT2D eigenvalue weighted by Gasteiger charge is -2.63. The van der Waals surface area contributed by atoms with Crippen LogP contribution >= 0.6 is 0 Å². The number of carbonyl (C=O) groups is 4. The van der Waals surface area contributed by atoms with Crippen molar-refractivity contribution < 1.29 is 38.5 Å². The molecule has 0 aromatic carbocycles. The predicted octanol–water partition coefficient (Wildman–Crippen LogP) is 3.89. The Morgan fingerprint density at radius 3 is 2.26 bits per heavy atom. The van der Waals surface area contributed by atoms with Gasteiger partial charge in [0.05, 0.1) is 12.5 Å². The molecule has 4 aliphatic carbocycles. The van der Waals surface area contributed by atoms with Gasteiger partial charge in [0.1, 0.15) is 17.1 Å². The van der Waals surface area contributed by atoms with Crippen molar-refractivity contribution in [3.8, 4) is 0 Å².